The average Bonchev–Trinajstić information content (AvgIpc) is 3.07. The van der Waals surface area contributed by atoms with Gasteiger partial charge in [-0.2, -0.15) is 5.26 Å². The van der Waals surface area contributed by atoms with Crippen molar-refractivity contribution in [2.45, 2.75) is 0 Å². The van der Waals surface area contributed by atoms with Gasteiger partial charge in [0.25, 0.3) is 0 Å². The maximum Gasteiger partial charge on any atom is 0.142 e. The molecule has 1 N–H and O–H groups in total. The van der Waals surface area contributed by atoms with Crippen molar-refractivity contribution in [3.63, 3.8) is 0 Å². The zero-order valence-electron chi connectivity index (χ0n) is 12.8. The van der Waals surface area contributed by atoms with Gasteiger partial charge >= 0.3 is 0 Å². The monoisotopic (exact) mass is 624 g/mol. The quantitative estimate of drug-likeness (QED) is 0.250. The summed E-state index contributed by atoms with van der Waals surface area (Å²) in [7, 11) is 0. The molecule has 8 heteroatoms. The van der Waals surface area contributed by atoms with Crippen molar-refractivity contribution >= 4 is 91.4 Å². The van der Waals surface area contributed by atoms with Crippen LogP contribution in [0.1, 0.15) is 10.6 Å². The number of hydrogen-bond acceptors (Lipinski definition) is 4. The van der Waals surface area contributed by atoms with Crippen LogP contribution in [0.2, 0.25) is 10.0 Å². The Balaban J connectivity index is 2.00. The van der Waals surface area contributed by atoms with E-state index >= 15 is 0 Å². The lowest BCUT2D eigenvalue weighted by atomic mass is 10.1. The molecule has 3 nitrogen and oxygen atoms in total. The third kappa shape index (κ3) is 4.34. The average molecular weight is 625 g/mol. The summed E-state index contributed by atoms with van der Waals surface area (Å²) < 4.78 is 1.46. The van der Waals surface area contributed by atoms with Gasteiger partial charge in [-0.15, -0.1) is 11.3 Å². The van der Waals surface area contributed by atoms with Crippen molar-refractivity contribution in [3.05, 3.63) is 63.5 Å². The molecule has 3 rings (SSSR count). The maximum absolute atomic E-state index is 9.88. The predicted octanol–water partition coefficient (Wildman–Crippen LogP) is 7.10. The number of hydrogen-bond donors (Lipinski definition) is 1. The van der Waals surface area contributed by atoms with Gasteiger partial charge < -0.3 is 5.11 Å². The van der Waals surface area contributed by atoms with Crippen LogP contribution < -0.4 is 0 Å². The maximum atomic E-state index is 9.88. The molecule has 0 aliphatic heterocycles. The van der Waals surface area contributed by atoms with E-state index in [0.717, 1.165) is 18.3 Å². The van der Waals surface area contributed by atoms with Crippen LogP contribution in [0.15, 0.2) is 35.7 Å². The summed E-state index contributed by atoms with van der Waals surface area (Å²) in [6.45, 7) is 0. The van der Waals surface area contributed by atoms with Crippen LogP contribution in [0.3, 0.4) is 0 Å². The first-order valence-corrected chi connectivity index (χ1v) is 10.9. The lowest BCUT2D eigenvalue weighted by molar-refractivity contribution is 0.467. The number of aromatic hydroxyl groups is 1. The van der Waals surface area contributed by atoms with E-state index in [1.165, 1.54) is 11.3 Å². The minimum Gasteiger partial charge on any atom is -0.506 e. The van der Waals surface area contributed by atoms with Crippen LogP contribution in [0, 0.1) is 18.5 Å². The molecule has 0 unspecified atom stereocenters. The molecule has 0 spiro atoms. The summed E-state index contributed by atoms with van der Waals surface area (Å²) in [5.41, 5.74) is 2.74. The number of benzene rings is 2. The molecular weight excluding hydrogens is 617 g/mol. The Morgan fingerprint density at radius 2 is 1.88 bits per heavy atom. The van der Waals surface area contributed by atoms with Crippen LogP contribution in [0.25, 0.3) is 22.9 Å². The smallest absolute Gasteiger partial charge is 0.142 e. The Morgan fingerprint density at radius 1 is 1.19 bits per heavy atom. The minimum absolute atomic E-state index is 0.246. The highest BCUT2D eigenvalue weighted by atomic mass is 127. The Labute approximate surface area is 191 Å². The first-order chi connectivity index (χ1) is 12.4. The van der Waals surface area contributed by atoms with Gasteiger partial charge in [0.1, 0.15) is 16.8 Å². The van der Waals surface area contributed by atoms with Crippen molar-refractivity contribution in [2.24, 2.45) is 0 Å². The van der Waals surface area contributed by atoms with Gasteiger partial charge in [0.2, 0.25) is 0 Å². The van der Waals surface area contributed by atoms with E-state index in [9.17, 15) is 10.4 Å². The van der Waals surface area contributed by atoms with E-state index in [2.05, 4.69) is 56.2 Å². The molecular formula is C18H8Cl2I2N2OS. The molecule has 0 bridgehead atoms. The Morgan fingerprint density at radius 3 is 2.50 bits per heavy atom. The van der Waals surface area contributed by atoms with Crippen molar-refractivity contribution in [3.8, 4) is 23.1 Å². The molecule has 0 atom stereocenters. The molecule has 3 aromatic rings. The molecule has 130 valence electrons. The highest BCUT2D eigenvalue weighted by Crippen LogP contribution is 2.34. The summed E-state index contributed by atoms with van der Waals surface area (Å²) in [5, 5.41) is 23.0. The van der Waals surface area contributed by atoms with Gasteiger partial charge in [0.15, 0.2) is 0 Å². The summed E-state index contributed by atoms with van der Waals surface area (Å²) in [6, 6.07) is 11.1. The van der Waals surface area contributed by atoms with E-state index in [1.807, 2.05) is 23.6 Å². The predicted molar refractivity (Wildman–Crippen MR) is 125 cm³/mol. The molecule has 1 heterocycles. The lowest BCUT2D eigenvalue weighted by Gasteiger charge is -2.03. The number of nitriles is 1. The van der Waals surface area contributed by atoms with Crippen LogP contribution in [0.5, 0.6) is 5.75 Å². The molecule has 0 aliphatic rings. The topological polar surface area (TPSA) is 56.9 Å². The van der Waals surface area contributed by atoms with E-state index in [-0.39, 0.29) is 5.75 Å². The number of nitrogens with zero attached hydrogens (tertiary/aromatic N) is 2. The van der Waals surface area contributed by atoms with Crippen molar-refractivity contribution < 1.29 is 5.11 Å². The zero-order valence-corrected chi connectivity index (χ0v) is 19.4. The molecule has 0 aliphatic carbocycles. The number of thiazole rings is 1. The number of rotatable bonds is 3. The summed E-state index contributed by atoms with van der Waals surface area (Å²) in [6.07, 6.45) is 1.76. The number of halogens is 4. The molecule has 0 saturated heterocycles. The zero-order chi connectivity index (χ0) is 18.8. The third-order valence-corrected chi connectivity index (χ3v) is 6.48. The van der Waals surface area contributed by atoms with Gasteiger partial charge in [0.05, 0.1) is 23.4 Å². The van der Waals surface area contributed by atoms with Crippen LogP contribution >= 0.6 is 79.7 Å². The normalized spacial score (nSPS) is 11.4. The lowest BCUT2D eigenvalue weighted by Crippen LogP contribution is -1.86. The standard InChI is InChI=1S/C18H8Cl2I2N2OS/c19-11-1-2-12(13(20)6-11)16-8-26-18(24-16)10(7-23)3-9-4-14(21)17(25)15(22)5-9/h1-6,8,25H/b10-3+. The third-order valence-electron chi connectivity index (χ3n) is 3.41. The van der Waals surface area contributed by atoms with E-state index in [1.54, 1.807) is 18.2 Å². The second kappa shape index (κ2) is 8.44. The Kier molecular flexibility index (Phi) is 6.45. The number of phenols is 1. The van der Waals surface area contributed by atoms with Gasteiger partial charge in [-0.05, 0) is 87.2 Å². The summed E-state index contributed by atoms with van der Waals surface area (Å²) in [5.74, 6) is 0.246. The fourth-order valence-electron chi connectivity index (χ4n) is 2.20. The van der Waals surface area contributed by atoms with Gasteiger partial charge in [-0.1, -0.05) is 23.2 Å². The number of allylic oxidation sites excluding steroid dienone is 1. The van der Waals surface area contributed by atoms with E-state index < -0.39 is 0 Å². The number of aromatic nitrogens is 1. The van der Waals surface area contributed by atoms with Gasteiger partial charge in [-0.25, -0.2) is 4.98 Å². The van der Waals surface area contributed by atoms with Gasteiger partial charge in [0, 0.05) is 16.0 Å². The Hall–Kier alpha value is -0.860. The second-order valence-electron chi connectivity index (χ2n) is 5.17. The molecule has 0 amide bonds. The van der Waals surface area contributed by atoms with Crippen molar-refractivity contribution in [1.29, 1.82) is 5.26 Å². The van der Waals surface area contributed by atoms with Crippen LogP contribution in [0.4, 0.5) is 0 Å². The summed E-state index contributed by atoms with van der Waals surface area (Å²) >= 11 is 17.7. The molecule has 0 fully saturated rings. The first-order valence-electron chi connectivity index (χ1n) is 7.10. The van der Waals surface area contributed by atoms with E-state index in [4.69, 9.17) is 23.2 Å². The highest BCUT2D eigenvalue weighted by Gasteiger charge is 2.13. The van der Waals surface area contributed by atoms with Crippen molar-refractivity contribution in [2.75, 3.05) is 0 Å². The highest BCUT2D eigenvalue weighted by molar-refractivity contribution is 14.1. The largest absolute Gasteiger partial charge is 0.506 e. The van der Waals surface area contributed by atoms with Gasteiger partial charge in [-0.3, -0.25) is 0 Å². The molecule has 0 radical (unpaired) electrons. The van der Waals surface area contributed by atoms with Crippen LogP contribution in [-0.4, -0.2) is 10.1 Å². The first kappa shape index (κ1) is 19.9. The fraction of sp³-hybridized carbons (Fsp3) is 0. The summed E-state index contributed by atoms with van der Waals surface area (Å²) in [4.78, 5) is 4.55. The molecule has 2 aromatic carbocycles. The fourth-order valence-corrected chi connectivity index (χ4v) is 5.30. The van der Waals surface area contributed by atoms with Crippen LogP contribution in [-0.2, 0) is 0 Å². The SMILES string of the molecule is N#C/C(=C\c1cc(I)c(O)c(I)c1)c1nc(-c2ccc(Cl)cc2Cl)cs1. The van der Waals surface area contributed by atoms with Crippen molar-refractivity contribution in [1.82, 2.24) is 4.98 Å². The molecule has 1 aromatic heterocycles. The second-order valence-corrected chi connectivity index (χ2v) is 9.19. The molecule has 26 heavy (non-hydrogen) atoms. The van der Waals surface area contributed by atoms with E-state index in [0.29, 0.717) is 26.3 Å². The minimum atomic E-state index is 0.246. The number of phenolic OH excluding ortho intramolecular Hbond substituents is 1. The molecule has 0 saturated carbocycles. The Bertz CT molecular complexity index is 1050.